The topological polar surface area (TPSA) is 98.7 Å². The van der Waals surface area contributed by atoms with Gasteiger partial charge in [-0.25, -0.2) is 0 Å². The summed E-state index contributed by atoms with van der Waals surface area (Å²) in [5, 5.41) is 15.4. The zero-order valence-electron chi connectivity index (χ0n) is 16.4. The molecule has 1 aliphatic rings. The second-order valence-electron chi connectivity index (χ2n) is 6.95. The van der Waals surface area contributed by atoms with Crippen molar-refractivity contribution in [3.63, 3.8) is 0 Å². The number of hydrogen-bond donors (Lipinski definition) is 3. The Labute approximate surface area is 169 Å². The molecule has 152 valence electrons. The molecule has 1 fully saturated rings. The van der Waals surface area contributed by atoms with Crippen molar-refractivity contribution in [1.82, 2.24) is 10.2 Å². The zero-order chi connectivity index (χ0) is 20.8. The van der Waals surface area contributed by atoms with Crippen molar-refractivity contribution in [3.8, 4) is 5.75 Å². The number of aryl methyl sites for hydroxylation is 1. The van der Waals surface area contributed by atoms with E-state index in [0.29, 0.717) is 19.4 Å². The zero-order valence-corrected chi connectivity index (χ0v) is 16.4. The molecule has 3 rings (SSSR count). The van der Waals surface area contributed by atoms with Crippen LogP contribution >= 0.6 is 0 Å². The number of aromatic hydroxyl groups is 1. The number of nitrogens with zero attached hydrogens (tertiary/aromatic N) is 1. The van der Waals surface area contributed by atoms with E-state index < -0.39 is 6.04 Å². The molecule has 1 unspecified atom stereocenters. The third-order valence-corrected chi connectivity index (χ3v) is 5.05. The van der Waals surface area contributed by atoms with Gasteiger partial charge in [-0.15, -0.1) is 0 Å². The highest BCUT2D eigenvalue weighted by atomic mass is 16.3. The van der Waals surface area contributed by atoms with Crippen LogP contribution in [0, 0.1) is 0 Å². The number of phenolic OH excluding ortho intramolecular Hbond substituents is 1. The van der Waals surface area contributed by atoms with Gasteiger partial charge in [0, 0.05) is 12.2 Å². The maximum Gasteiger partial charge on any atom is 0.258 e. The lowest BCUT2D eigenvalue weighted by Crippen LogP contribution is -2.47. The van der Waals surface area contributed by atoms with Crippen molar-refractivity contribution in [2.45, 2.75) is 32.2 Å². The number of hydrogen-bond acceptors (Lipinski definition) is 4. The van der Waals surface area contributed by atoms with E-state index in [1.165, 1.54) is 17.0 Å². The minimum Gasteiger partial charge on any atom is -0.507 e. The number of carbonyl (C=O) groups is 3. The third kappa shape index (κ3) is 4.74. The molecule has 1 aliphatic heterocycles. The summed E-state index contributed by atoms with van der Waals surface area (Å²) >= 11 is 0. The minimum absolute atomic E-state index is 0.113. The second kappa shape index (κ2) is 9.23. The molecule has 1 heterocycles. The van der Waals surface area contributed by atoms with Crippen LogP contribution in [0.4, 0.5) is 5.69 Å². The van der Waals surface area contributed by atoms with E-state index in [9.17, 15) is 19.5 Å². The molecule has 29 heavy (non-hydrogen) atoms. The minimum atomic E-state index is -0.655. The van der Waals surface area contributed by atoms with Crippen LogP contribution < -0.4 is 10.6 Å². The smallest absolute Gasteiger partial charge is 0.258 e. The molecule has 0 aromatic heterocycles. The summed E-state index contributed by atoms with van der Waals surface area (Å²) in [4.78, 5) is 39.0. The number of para-hydroxylation sites is 2. The number of benzene rings is 2. The standard InChI is InChI=1S/C22H25N3O4/c1-2-15-8-3-5-10-17(15)24-20(27)14-23-21(28)18-11-7-13-25(18)22(29)16-9-4-6-12-19(16)26/h3-6,8-10,12,18,26H,2,7,11,13-14H2,1H3,(H,23,28)(H,24,27). The molecule has 7 nitrogen and oxygen atoms in total. The molecular weight excluding hydrogens is 370 g/mol. The van der Waals surface area contributed by atoms with Crippen LogP contribution in [0.1, 0.15) is 35.7 Å². The lowest BCUT2D eigenvalue weighted by atomic mass is 10.1. The summed E-state index contributed by atoms with van der Waals surface area (Å²) in [7, 11) is 0. The quantitative estimate of drug-likeness (QED) is 0.699. The van der Waals surface area contributed by atoms with E-state index in [2.05, 4.69) is 10.6 Å². The summed E-state index contributed by atoms with van der Waals surface area (Å²) in [6, 6.07) is 13.1. The van der Waals surface area contributed by atoms with Gasteiger partial charge in [-0.05, 0) is 43.0 Å². The predicted molar refractivity (Wildman–Crippen MR) is 110 cm³/mol. The maximum atomic E-state index is 12.7. The van der Waals surface area contributed by atoms with Gasteiger partial charge < -0.3 is 20.6 Å². The van der Waals surface area contributed by atoms with E-state index in [1.807, 2.05) is 31.2 Å². The normalized spacial score (nSPS) is 15.8. The number of rotatable bonds is 6. The molecule has 1 saturated heterocycles. The number of phenols is 1. The van der Waals surface area contributed by atoms with Crippen LogP contribution in [0.25, 0.3) is 0 Å². The fourth-order valence-electron chi connectivity index (χ4n) is 3.52. The highest BCUT2D eigenvalue weighted by molar-refractivity contribution is 6.01. The Morgan fingerprint density at radius 3 is 2.59 bits per heavy atom. The lowest BCUT2D eigenvalue weighted by Gasteiger charge is -2.24. The van der Waals surface area contributed by atoms with Gasteiger partial charge >= 0.3 is 0 Å². The van der Waals surface area contributed by atoms with Crippen LogP contribution in [0.3, 0.4) is 0 Å². The third-order valence-electron chi connectivity index (χ3n) is 5.05. The van der Waals surface area contributed by atoms with Gasteiger partial charge in [-0.3, -0.25) is 14.4 Å². The molecule has 3 N–H and O–H groups in total. The lowest BCUT2D eigenvalue weighted by molar-refractivity contribution is -0.127. The van der Waals surface area contributed by atoms with E-state index in [0.717, 1.165) is 17.7 Å². The number of likely N-dealkylation sites (tertiary alicyclic amines) is 1. The molecule has 3 amide bonds. The number of carbonyl (C=O) groups excluding carboxylic acids is 3. The number of anilines is 1. The Hall–Kier alpha value is -3.35. The first-order chi connectivity index (χ1) is 14.0. The maximum absolute atomic E-state index is 12.7. The molecule has 2 aromatic carbocycles. The van der Waals surface area contributed by atoms with Crippen LogP contribution in [-0.2, 0) is 16.0 Å². The van der Waals surface area contributed by atoms with E-state index in [4.69, 9.17) is 0 Å². The monoisotopic (exact) mass is 395 g/mol. The Kier molecular flexibility index (Phi) is 6.49. The SMILES string of the molecule is CCc1ccccc1NC(=O)CNC(=O)C1CCCN1C(=O)c1ccccc1O. The fourth-order valence-corrected chi connectivity index (χ4v) is 3.52. The molecule has 2 aromatic rings. The van der Waals surface area contributed by atoms with Crippen molar-refractivity contribution in [1.29, 1.82) is 0 Å². The Balaban J connectivity index is 1.59. The average Bonchev–Trinajstić information content (AvgIpc) is 3.22. The van der Waals surface area contributed by atoms with Crippen LogP contribution in [-0.4, -0.2) is 46.9 Å². The fraction of sp³-hybridized carbons (Fsp3) is 0.318. The van der Waals surface area contributed by atoms with Crippen molar-refractivity contribution in [3.05, 3.63) is 59.7 Å². The number of amides is 3. The molecule has 0 aliphatic carbocycles. The van der Waals surface area contributed by atoms with Crippen LogP contribution in [0.15, 0.2) is 48.5 Å². The molecule has 0 radical (unpaired) electrons. The van der Waals surface area contributed by atoms with E-state index in [1.54, 1.807) is 12.1 Å². The van der Waals surface area contributed by atoms with E-state index >= 15 is 0 Å². The highest BCUT2D eigenvalue weighted by Crippen LogP contribution is 2.24. The Morgan fingerprint density at radius 1 is 1.10 bits per heavy atom. The van der Waals surface area contributed by atoms with Crippen molar-refractivity contribution in [2.24, 2.45) is 0 Å². The van der Waals surface area contributed by atoms with Gasteiger partial charge in [0.15, 0.2) is 0 Å². The molecular formula is C22H25N3O4. The molecule has 1 atom stereocenters. The van der Waals surface area contributed by atoms with Crippen molar-refractivity contribution < 1.29 is 19.5 Å². The summed E-state index contributed by atoms with van der Waals surface area (Å²) in [5.74, 6) is -1.19. The average molecular weight is 395 g/mol. The van der Waals surface area contributed by atoms with Gasteiger partial charge in [0.1, 0.15) is 11.8 Å². The molecule has 0 spiro atoms. The molecule has 0 bridgehead atoms. The first-order valence-electron chi connectivity index (χ1n) is 9.75. The first-order valence-corrected chi connectivity index (χ1v) is 9.75. The highest BCUT2D eigenvalue weighted by Gasteiger charge is 2.35. The van der Waals surface area contributed by atoms with Crippen LogP contribution in [0.2, 0.25) is 0 Å². The van der Waals surface area contributed by atoms with Gasteiger partial charge in [0.2, 0.25) is 11.8 Å². The largest absolute Gasteiger partial charge is 0.507 e. The van der Waals surface area contributed by atoms with Gasteiger partial charge in [-0.1, -0.05) is 37.3 Å². The molecule has 0 saturated carbocycles. The summed E-state index contributed by atoms with van der Waals surface area (Å²) in [5.41, 5.74) is 1.91. The Morgan fingerprint density at radius 2 is 1.83 bits per heavy atom. The summed E-state index contributed by atoms with van der Waals surface area (Å²) in [6.45, 7) is 2.26. The summed E-state index contributed by atoms with van der Waals surface area (Å²) in [6.07, 6.45) is 1.99. The van der Waals surface area contributed by atoms with Gasteiger partial charge in [0.25, 0.3) is 5.91 Å². The van der Waals surface area contributed by atoms with Crippen molar-refractivity contribution in [2.75, 3.05) is 18.4 Å². The second-order valence-corrected chi connectivity index (χ2v) is 6.95. The van der Waals surface area contributed by atoms with Gasteiger partial charge in [-0.2, -0.15) is 0 Å². The van der Waals surface area contributed by atoms with Gasteiger partial charge in [0.05, 0.1) is 12.1 Å². The Bertz CT molecular complexity index is 912. The molecule has 7 heteroatoms. The first kappa shape index (κ1) is 20.4. The number of nitrogens with one attached hydrogen (secondary N) is 2. The van der Waals surface area contributed by atoms with E-state index in [-0.39, 0.29) is 35.6 Å². The predicted octanol–water partition coefficient (Wildman–Crippen LogP) is 2.31. The van der Waals surface area contributed by atoms with Crippen LogP contribution in [0.5, 0.6) is 5.75 Å². The summed E-state index contributed by atoms with van der Waals surface area (Å²) < 4.78 is 0. The van der Waals surface area contributed by atoms with Crippen molar-refractivity contribution >= 4 is 23.4 Å².